The van der Waals surface area contributed by atoms with Crippen molar-refractivity contribution < 1.29 is 14.6 Å². The highest BCUT2D eigenvalue weighted by molar-refractivity contribution is 5.25. The molecule has 0 amide bonds. The summed E-state index contributed by atoms with van der Waals surface area (Å²) in [6, 6.07) is 7.86. The van der Waals surface area contributed by atoms with Crippen LogP contribution in [0.15, 0.2) is 24.3 Å². The van der Waals surface area contributed by atoms with E-state index in [1.54, 1.807) is 7.11 Å². The maximum atomic E-state index is 10.6. The van der Waals surface area contributed by atoms with E-state index in [4.69, 9.17) is 15.2 Å². The van der Waals surface area contributed by atoms with E-state index in [0.717, 1.165) is 30.6 Å². The van der Waals surface area contributed by atoms with Crippen molar-refractivity contribution in [3.05, 3.63) is 35.4 Å². The van der Waals surface area contributed by atoms with Crippen molar-refractivity contribution in [2.24, 2.45) is 11.1 Å². The number of hydrogen-bond donors (Lipinski definition) is 2. The van der Waals surface area contributed by atoms with E-state index >= 15 is 0 Å². The van der Waals surface area contributed by atoms with Crippen molar-refractivity contribution in [2.45, 2.75) is 25.6 Å². The standard InChI is InChI=1S/C15H23NO3/c1-18-9-12-3-5-13(6-4-12)14(17)15(10-16)7-2-8-19-11-15/h3-6,14,17H,2,7-11,16H2,1H3. The number of hydrogen-bond acceptors (Lipinski definition) is 4. The minimum absolute atomic E-state index is 0.346. The molecule has 1 aliphatic rings. The van der Waals surface area contributed by atoms with Crippen LogP contribution in [0, 0.1) is 5.41 Å². The van der Waals surface area contributed by atoms with Crippen LogP contribution in [-0.4, -0.2) is 32.0 Å². The Morgan fingerprint density at radius 1 is 1.42 bits per heavy atom. The quantitative estimate of drug-likeness (QED) is 0.849. The van der Waals surface area contributed by atoms with E-state index in [9.17, 15) is 5.11 Å². The Bertz CT molecular complexity index is 385. The monoisotopic (exact) mass is 265 g/mol. The zero-order valence-electron chi connectivity index (χ0n) is 11.5. The summed E-state index contributed by atoms with van der Waals surface area (Å²) < 4.78 is 10.6. The van der Waals surface area contributed by atoms with Crippen molar-refractivity contribution in [3.8, 4) is 0 Å². The van der Waals surface area contributed by atoms with Crippen LogP contribution in [0.3, 0.4) is 0 Å². The largest absolute Gasteiger partial charge is 0.388 e. The number of benzene rings is 1. The lowest BCUT2D eigenvalue weighted by Gasteiger charge is -2.40. The Labute approximate surface area is 114 Å². The topological polar surface area (TPSA) is 64.7 Å². The first kappa shape index (κ1) is 14.5. The van der Waals surface area contributed by atoms with Gasteiger partial charge in [-0.2, -0.15) is 0 Å². The molecule has 1 fully saturated rings. The fourth-order valence-corrected chi connectivity index (χ4v) is 2.68. The third-order valence-electron chi connectivity index (χ3n) is 3.95. The fraction of sp³-hybridized carbons (Fsp3) is 0.600. The van der Waals surface area contributed by atoms with Crippen LogP contribution in [0.1, 0.15) is 30.1 Å². The van der Waals surface area contributed by atoms with E-state index in [1.165, 1.54) is 0 Å². The van der Waals surface area contributed by atoms with Gasteiger partial charge in [0.05, 0.1) is 19.3 Å². The lowest BCUT2D eigenvalue weighted by molar-refractivity contribution is -0.0782. The third-order valence-corrected chi connectivity index (χ3v) is 3.95. The molecular formula is C15H23NO3. The minimum Gasteiger partial charge on any atom is -0.388 e. The smallest absolute Gasteiger partial charge is 0.0880 e. The van der Waals surface area contributed by atoms with Gasteiger partial charge in [0.2, 0.25) is 0 Å². The first-order valence-electron chi connectivity index (χ1n) is 6.75. The van der Waals surface area contributed by atoms with Crippen molar-refractivity contribution >= 4 is 0 Å². The average molecular weight is 265 g/mol. The molecule has 3 N–H and O–H groups in total. The van der Waals surface area contributed by atoms with Crippen molar-refractivity contribution in [1.29, 1.82) is 0 Å². The molecule has 1 aromatic carbocycles. The van der Waals surface area contributed by atoms with Gasteiger partial charge in [-0.25, -0.2) is 0 Å². The number of aliphatic hydroxyl groups excluding tert-OH is 1. The predicted molar refractivity (Wildman–Crippen MR) is 73.7 cm³/mol. The van der Waals surface area contributed by atoms with Gasteiger partial charge in [-0.05, 0) is 24.0 Å². The summed E-state index contributed by atoms with van der Waals surface area (Å²) in [7, 11) is 1.67. The lowest BCUT2D eigenvalue weighted by Crippen LogP contribution is -2.43. The number of ether oxygens (including phenoxy) is 2. The van der Waals surface area contributed by atoms with Gasteiger partial charge in [0.15, 0.2) is 0 Å². The second-order valence-corrected chi connectivity index (χ2v) is 5.30. The molecule has 2 rings (SSSR count). The average Bonchev–Trinajstić information content (AvgIpc) is 2.48. The summed E-state index contributed by atoms with van der Waals surface area (Å²) in [5, 5.41) is 10.6. The van der Waals surface area contributed by atoms with E-state index < -0.39 is 6.10 Å². The molecule has 0 radical (unpaired) electrons. The molecule has 4 nitrogen and oxygen atoms in total. The zero-order chi connectivity index (χ0) is 13.7. The fourth-order valence-electron chi connectivity index (χ4n) is 2.68. The first-order chi connectivity index (χ1) is 9.22. The van der Waals surface area contributed by atoms with E-state index in [1.807, 2.05) is 24.3 Å². The summed E-state index contributed by atoms with van der Waals surface area (Å²) in [6.45, 7) is 2.32. The van der Waals surface area contributed by atoms with Crippen LogP contribution in [0.4, 0.5) is 0 Å². The Hall–Kier alpha value is -0.940. The lowest BCUT2D eigenvalue weighted by atomic mass is 9.75. The number of methoxy groups -OCH3 is 1. The summed E-state index contributed by atoms with van der Waals surface area (Å²) in [6.07, 6.45) is 1.29. The molecule has 0 aromatic heterocycles. The maximum Gasteiger partial charge on any atom is 0.0880 e. The second kappa shape index (κ2) is 6.48. The van der Waals surface area contributed by atoms with Crippen LogP contribution in [0.5, 0.6) is 0 Å². The van der Waals surface area contributed by atoms with Crippen molar-refractivity contribution in [1.82, 2.24) is 0 Å². The summed E-state index contributed by atoms with van der Waals surface area (Å²) in [4.78, 5) is 0. The van der Waals surface area contributed by atoms with E-state index in [0.29, 0.717) is 19.8 Å². The highest BCUT2D eigenvalue weighted by Crippen LogP contribution is 2.40. The highest BCUT2D eigenvalue weighted by Gasteiger charge is 2.39. The van der Waals surface area contributed by atoms with Crippen LogP contribution < -0.4 is 5.73 Å². The number of nitrogens with two attached hydrogens (primary N) is 1. The van der Waals surface area contributed by atoms with Gasteiger partial charge in [0.25, 0.3) is 0 Å². The van der Waals surface area contributed by atoms with Gasteiger partial charge in [0, 0.05) is 25.7 Å². The third kappa shape index (κ3) is 3.15. The molecule has 106 valence electrons. The molecule has 1 heterocycles. The van der Waals surface area contributed by atoms with Crippen LogP contribution in [0.2, 0.25) is 0 Å². The summed E-state index contributed by atoms with van der Waals surface area (Å²) in [5.41, 5.74) is 7.54. The molecule has 1 aromatic rings. The minimum atomic E-state index is -0.575. The SMILES string of the molecule is COCc1ccc(C(O)C2(CN)CCCOC2)cc1. The van der Waals surface area contributed by atoms with Gasteiger partial charge in [-0.15, -0.1) is 0 Å². The summed E-state index contributed by atoms with van der Waals surface area (Å²) in [5.74, 6) is 0. The van der Waals surface area contributed by atoms with Gasteiger partial charge < -0.3 is 20.3 Å². The molecule has 0 saturated carbocycles. The molecule has 2 atom stereocenters. The summed E-state index contributed by atoms with van der Waals surface area (Å²) >= 11 is 0. The molecule has 0 bridgehead atoms. The Kier molecular flexibility index (Phi) is 4.93. The van der Waals surface area contributed by atoms with E-state index in [2.05, 4.69) is 0 Å². The molecule has 1 aliphatic heterocycles. The highest BCUT2D eigenvalue weighted by atomic mass is 16.5. The normalized spacial score (nSPS) is 25.2. The van der Waals surface area contributed by atoms with Crippen LogP contribution >= 0.6 is 0 Å². The molecule has 1 saturated heterocycles. The van der Waals surface area contributed by atoms with Gasteiger partial charge in [0.1, 0.15) is 0 Å². The number of aliphatic hydroxyl groups is 1. The van der Waals surface area contributed by atoms with Gasteiger partial charge >= 0.3 is 0 Å². The maximum absolute atomic E-state index is 10.6. The molecule has 0 spiro atoms. The Morgan fingerprint density at radius 2 is 2.16 bits per heavy atom. The zero-order valence-corrected chi connectivity index (χ0v) is 11.5. The Morgan fingerprint density at radius 3 is 2.68 bits per heavy atom. The molecule has 2 unspecified atom stereocenters. The second-order valence-electron chi connectivity index (χ2n) is 5.30. The van der Waals surface area contributed by atoms with Gasteiger partial charge in [-0.1, -0.05) is 24.3 Å². The van der Waals surface area contributed by atoms with E-state index in [-0.39, 0.29) is 5.41 Å². The molecule has 19 heavy (non-hydrogen) atoms. The first-order valence-corrected chi connectivity index (χ1v) is 6.75. The molecule has 0 aliphatic carbocycles. The van der Waals surface area contributed by atoms with Crippen molar-refractivity contribution in [2.75, 3.05) is 26.9 Å². The molecular weight excluding hydrogens is 242 g/mol. The molecule has 4 heteroatoms. The number of rotatable bonds is 5. The van der Waals surface area contributed by atoms with Crippen molar-refractivity contribution in [3.63, 3.8) is 0 Å². The Balaban J connectivity index is 2.14. The predicted octanol–water partition coefficient (Wildman–Crippen LogP) is 1.62. The van der Waals surface area contributed by atoms with Gasteiger partial charge in [-0.3, -0.25) is 0 Å². The van der Waals surface area contributed by atoms with Crippen LogP contribution in [-0.2, 0) is 16.1 Å². The van der Waals surface area contributed by atoms with Crippen LogP contribution in [0.25, 0.3) is 0 Å².